The van der Waals surface area contributed by atoms with Gasteiger partial charge in [-0.05, 0) is 33.6 Å². The molecule has 7 heteroatoms. The van der Waals surface area contributed by atoms with Crippen LogP contribution >= 0.6 is 0 Å². The van der Waals surface area contributed by atoms with Crippen LogP contribution in [0.4, 0.5) is 4.79 Å². The summed E-state index contributed by atoms with van der Waals surface area (Å²) in [6.45, 7) is 7.87. The van der Waals surface area contributed by atoms with Gasteiger partial charge in [0, 0.05) is 19.0 Å². The Balaban J connectivity index is 1.86. The number of rotatable bonds is 4. The fourth-order valence-electron chi connectivity index (χ4n) is 2.63. The number of ether oxygens (including phenoxy) is 1. The monoisotopic (exact) mass is 310 g/mol. The van der Waals surface area contributed by atoms with Crippen molar-refractivity contribution >= 4 is 6.09 Å². The van der Waals surface area contributed by atoms with E-state index in [1.807, 2.05) is 20.8 Å². The number of aromatic nitrogens is 2. The molecule has 1 heterocycles. The van der Waals surface area contributed by atoms with E-state index in [9.17, 15) is 4.79 Å². The zero-order valence-electron chi connectivity index (χ0n) is 13.8. The van der Waals surface area contributed by atoms with E-state index in [4.69, 9.17) is 9.15 Å². The Labute approximate surface area is 131 Å². The third-order valence-electron chi connectivity index (χ3n) is 3.55. The van der Waals surface area contributed by atoms with E-state index < -0.39 is 5.60 Å². The van der Waals surface area contributed by atoms with Gasteiger partial charge in [0.2, 0.25) is 11.8 Å². The molecule has 22 heavy (non-hydrogen) atoms. The van der Waals surface area contributed by atoms with Gasteiger partial charge in [-0.25, -0.2) is 4.79 Å². The van der Waals surface area contributed by atoms with Gasteiger partial charge in [-0.3, -0.25) is 0 Å². The second-order valence-corrected chi connectivity index (χ2v) is 6.74. The topological polar surface area (TPSA) is 89.3 Å². The minimum Gasteiger partial charge on any atom is -0.444 e. The highest BCUT2D eigenvalue weighted by atomic mass is 16.6. The molecule has 1 aromatic rings. The Kier molecular flexibility index (Phi) is 5.39. The summed E-state index contributed by atoms with van der Waals surface area (Å²) in [6.07, 6.45) is 3.85. The molecule has 1 aliphatic rings. The molecular formula is C15H26N4O3. The largest absolute Gasteiger partial charge is 0.444 e. The van der Waals surface area contributed by atoms with Crippen molar-refractivity contribution in [3.63, 3.8) is 0 Å². The van der Waals surface area contributed by atoms with E-state index in [0.29, 0.717) is 18.3 Å². The van der Waals surface area contributed by atoms with Crippen LogP contribution in [0.15, 0.2) is 4.42 Å². The maximum Gasteiger partial charge on any atom is 0.407 e. The summed E-state index contributed by atoms with van der Waals surface area (Å²) in [4.78, 5) is 11.9. The van der Waals surface area contributed by atoms with Crippen LogP contribution in [0.2, 0.25) is 0 Å². The molecule has 0 aliphatic heterocycles. The number of hydrogen-bond acceptors (Lipinski definition) is 6. The Hall–Kier alpha value is -1.63. The lowest BCUT2D eigenvalue weighted by molar-refractivity contribution is 0.0479. The molecule has 0 saturated heterocycles. The van der Waals surface area contributed by atoms with Crippen molar-refractivity contribution in [2.45, 2.75) is 77.6 Å². The highest BCUT2D eigenvalue weighted by molar-refractivity contribution is 5.68. The van der Waals surface area contributed by atoms with Gasteiger partial charge < -0.3 is 19.8 Å². The summed E-state index contributed by atoms with van der Waals surface area (Å²) in [5.41, 5.74) is -0.483. The maximum atomic E-state index is 11.9. The predicted octanol–water partition coefficient (Wildman–Crippen LogP) is 2.30. The lowest BCUT2D eigenvalue weighted by atomic mass is 9.90. The molecule has 2 atom stereocenters. The van der Waals surface area contributed by atoms with Crippen LogP contribution in [0.25, 0.3) is 0 Å². The number of nitrogens with zero attached hydrogens (tertiary/aromatic N) is 2. The van der Waals surface area contributed by atoms with E-state index in [-0.39, 0.29) is 18.2 Å². The summed E-state index contributed by atoms with van der Waals surface area (Å²) in [6, 6.07) is 0.251. The third-order valence-corrected chi connectivity index (χ3v) is 3.55. The summed E-state index contributed by atoms with van der Waals surface area (Å²) >= 11 is 0. The van der Waals surface area contributed by atoms with E-state index in [2.05, 4.69) is 20.8 Å². The summed E-state index contributed by atoms with van der Waals surface area (Å²) < 4.78 is 10.7. The molecule has 7 nitrogen and oxygen atoms in total. The first kappa shape index (κ1) is 16.7. The van der Waals surface area contributed by atoms with Crippen LogP contribution in [0.5, 0.6) is 0 Å². The van der Waals surface area contributed by atoms with Crippen molar-refractivity contribution in [1.82, 2.24) is 20.8 Å². The first-order valence-electron chi connectivity index (χ1n) is 7.85. The molecule has 2 N–H and O–H groups in total. The maximum absolute atomic E-state index is 11.9. The Morgan fingerprint density at radius 1 is 1.27 bits per heavy atom. The molecular weight excluding hydrogens is 284 g/mol. The lowest BCUT2D eigenvalue weighted by Gasteiger charge is -2.33. The minimum absolute atomic E-state index is 0.0626. The molecule has 0 aromatic carbocycles. The molecule has 1 amide bonds. The molecule has 1 fully saturated rings. The zero-order valence-corrected chi connectivity index (χ0v) is 13.8. The molecule has 1 aliphatic carbocycles. The van der Waals surface area contributed by atoms with Crippen molar-refractivity contribution in [2.75, 3.05) is 0 Å². The average molecular weight is 310 g/mol. The van der Waals surface area contributed by atoms with Crippen LogP contribution in [0.1, 0.15) is 58.2 Å². The van der Waals surface area contributed by atoms with Crippen LogP contribution in [0.3, 0.4) is 0 Å². The van der Waals surface area contributed by atoms with Gasteiger partial charge in [0.25, 0.3) is 0 Å². The van der Waals surface area contributed by atoms with Crippen molar-refractivity contribution in [2.24, 2.45) is 0 Å². The Morgan fingerprint density at radius 3 is 2.55 bits per heavy atom. The molecule has 2 rings (SSSR count). The van der Waals surface area contributed by atoms with Gasteiger partial charge in [-0.2, -0.15) is 0 Å². The predicted molar refractivity (Wildman–Crippen MR) is 81.3 cm³/mol. The fraction of sp³-hybridized carbons (Fsp3) is 0.800. The second-order valence-electron chi connectivity index (χ2n) is 6.74. The quantitative estimate of drug-likeness (QED) is 0.887. The third kappa shape index (κ3) is 5.29. The van der Waals surface area contributed by atoms with Crippen molar-refractivity contribution < 1.29 is 13.9 Å². The molecule has 0 bridgehead atoms. The average Bonchev–Trinajstić information content (AvgIpc) is 2.81. The second kappa shape index (κ2) is 7.09. The highest BCUT2D eigenvalue weighted by Crippen LogP contribution is 2.20. The van der Waals surface area contributed by atoms with E-state index >= 15 is 0 Å². The van der Waals surface area contributed by atoms with Gasteiger partial charge in [0.1, 0.15) is 5.60 Å². The number of aryl methyl sites for hydroxylation is 1. The van der Waals surface area contributed by atoms with Gasteiger partial charge in [0.15, 0.2) is 0 Å². The molecule has 1 saturated carbocycles. The van der Waals surface area contributed by atoms with Crippen molar-refractivity contribution in [3.8, 4) is 0 Å². The summed E-state index contributed by atoms with van der Waals surface area (Å²) in [5, 5.41) is 14.2. The number of amides is 1. The van der Waals surface area contributed by atoms with Crippen LogP contribution < -0.4 is 10.6 Å². The summed E-state index contributed by atoms with van der Waals surface area (Å²) in [7, 11) is 0. The number of carbonyl (C=O) groups is 1. The van der Waals surface area contributed by atoms with Gasteiger partial charge in [0.05, 0.1) is 6.54 Å². The number of nitrogens with one attached hydrogen (secondary N) is 2. The fourth-order valence-corrected chi connectivity index (χ4v) is 2.63. The van der Waals surface area contributed by atoms with Crippen LogP contribution in [-0.2, 0) is 11.3 Å². The molecule has 0 radical (unpaired) electrons. The lowest BCUT2D eigenvalue weighted by Crippen LogP contribution is -2.52. The van der Waals surface area contributed by atoms with Crippen molar-refractivity contribution in [1.29, 1.82) is 0 Å². The van der Waals surface area contributed by atoms with Gasteiger partial charge in [-0.1, -0.05) is 12.8 Å². The normalized spacial score (nSPS) is 22.4. The first-order chi connectivity index (χ1) is 10.3. The molecule has 1 aromatic heterocycles. The smallest absolute Gasteiger partial charge is 0.407 e. The first-order valence-corrected chi connectivity index (χ1v) is 7.85. The van der Waals surface area contributed by atoms with Crippen LogP contribution in [0, 0.1) is 6.92 Å². The Bertz CT molecular complexity index is 495. The van der Waals surface area contributed by atoms with E-state index in [1.54, 1.807) is 6.92 Å². The van der Waals surface area contributed by atoms with Crippen LogP contribution in [-0.4, -0.2) is 34.0 Å². The SMILES string of the molecule is Cc1nnc(CN[C@@H]2CCCC[C@H]2NC(=O)OC(C)(C)C)o1. The zero-order chi connectivity index (χ0) is 16.2. The van der Waals surface area contributed by atoms with Crippen molar-refractivity contribution in [3.05, 3.63) is 11.8 Å². The summed E-state index contributed by atoms with van der Waals surface area (Å²) in [5.74, 6) is 1.13. The molecule has 0 unspecified atom stereocenters. The molecule has 124 valence electrons. The minimum atomic E-state index is -0.483. The van der Waals surface area contributed by atoms with Gasteiger partial charge >= 0.3 is 6.09 Å². The van der Waals surface area contributed by atoms with Gasteiger partial charge in [-0.15, -0.1) is 10.2 Å². The highest BCUT2D eigenvalue weighted by Gasteiger charge is 2.28. The van der Waals surface area contributed by atoms with E-state index in [1.165, 1.54) is 0 Å². The Morgan fingerprint density at radius 2 is 1.95 bits per heavy atom. The standard InChI is InChI=1S/C15H26N4O3/c1-10-18-19-13(21-10)9-16-11-7-5-6-8-12(11)17-14(20)22-15(2,3)4/h11-12,16H,5-9H2,1-4H3,(H,17,20)/t11-,12-/m1/s1. The number of alkyl carbamates (subject to hydrolysis) is 1. The number of hydrogen-bond donors (Lipinski definition) is 2. The molecule has 0 spiro atoms. The van der Waals surface area contributed by atoms with E-state index in [0.717, 1.165) is 25.7 Å². The number of carbonyl (C=O) groups excluding carboxylic acids is 1.